The van der Waals surface area contributed by atoms with Crippen molar-refractivity contribution in [1.29, 1.82) is 0 Å². The molecule has 0 amide bonds. The van der Waals surface area contributed by atoms with Gasteiger partial charge in [-0.25, -0.2) is 14.3 Å². The SMILES string of the molecule is Cc1ccc(-c2ccnc3cc(C(=O)O)nn23)cc1N. The first-order valence-electron chi connectivity index (χ1n) is 6.01. The Morgan fingerprint density at radius 3 is 2.80 bits per heavy atom. The smallest absolute Gasteiger partial charge is 0.356 e. The number of nitrogen functional groups attached to an aromatic ring is 1. The molecular formula is C14H12N4O2. The molecule has 0 aliphatic rings. The van der Waals surface area contributed by atoms with Crippen molar-refractivity contribution in [2.75, 3.05) is 5.73 Å². The van der Waals surface area contributed by atoms with Crippen molar-refractivity contribution in [2.24, 2.45) is 0 Å². The number of anilines is 1. The minimum absolute atomic E-state index is 0.0370. The number of carboxylic acids is 1. The van der Waals surface area contributed by atoms with E-state index in [0.29, 0.717) is 11.3 Å². The van der Waals surface area contributed by atoms with Gasteiger partial charge in [-0.05, 0) is 24.6 Å². The first-order chi connectivity index (χ1) is 9.56. The van der Waals surface area contributed by atoms with E-state index in [1.807, 2.05) is 25.1 Å². The molecular weight excluding hydrogens is 256 g/mol. The van der Waals surface area contributed by atoms with E-state index in [1.165, 1.54) is 10.6 Å². The first kappa shape index (κ1) is 12.2. The average Bonchev–Trinajstić information content (AvgIpc) is 2.86. The van der Waals surface area contributed by atoms with Crippen molar-refractivity contribution in [3.05, 3.63) is 47.8 Å². The lowest BCUT2D eigenvalue weighted by Crippen LogP contribution is -2.00. The number of aryl methyl sites for hydroxylation is 1. The van der Waals surface area contributed by atoms with Gasteiger partial charge in [0.25, 0.3) is 0 Å². The zero-order chi connectivity index (χ0) is 14.3. The summed E-state index contributed by atoms with van der Waals surface area (Å²) < 4.78 is 1.51. The van der Waals surface area contributed by atoms with E-state index >= 15 is 0 Å². The third-order valence-corrected chi connectivity index (χ3v) is 3.15. The standard InChI is InChI=1S/C14H12N4O2/c1-8-2-3-9(6-10(8)15)12-4-5-16-13-7-11(14(19)20)17-18(12)13/h2-7H,15H2,1H3,(H,19,20). The number of hydrogen-bond acceptors (Lipinski definition) is 4. The topological polar surface area (TPSA) is 93.5 Å². The lowest BCUT2D eigenvalue weighted by Gasteiger charge is -2.07. The third kappa shape index (κ3) is 1.87. The van der Waals surface area contributed by atoms with E-state index in [-0.39, 0.29) is 5.69 Å². The zero-order valence-electron chi connectivity index (χ0n) is 10.7. The summed E-state index contributed by atoms with van der Waals surface area (Å²) in [6.07, 6.45) is 1.62. The Balaban J connectivity index is 2.24. The normalized spacial score (nSPS) is 10.8. The van der Waals surface area contributed by atoms with Gasteiger partial charge in [0.1, 0.15) is 0 Å². The second kappa shape index (κ2) is 4.34. The summed E-state index contributed by atoms with van der Waals surface area (Å²) in [5.74, 6) is -1.08. The molecule has 100 valence electrons. The fourth-order valence-corrected chi connectivity index (χ4v) is 2.02. The monoisotopic (exact) mass is 268 g/mol. The van der Waals surface area contributed by atoms with Gasteiger partial charge < -0.3 is 10.8 Å². The van der Waals surface area contributed by atoms with Crippen molar-refractivity contribution in [3.8, 4) is 11.3 Å². The highest BCUT2D eigenvalue weighted by Gasteiger charge is 2.13. The van der Waals surface area contributed by atoms with Gasteiger partial charge >= 0.3 is 5.97 Å². The number of carboxylic acid groups (broad SMARTS) is 1. The van der Waals surface area contributed by atoms with E-state index in [4.69, 9.17) is 10.8 Å². The number of rotatable bonds is 2. The van der Waals surface area contributed by atoms with Gasteiger partial charge in [0.05, 0.1) is 5.69 Å². The zero-order valence-corrected chi connectivity index (χ0v) is 10.7. The Hall–Kier alpha value is -2.89. The largest absolute Gasteiger partial charge is 0.476 e. The van der Waals surface area contributed by atoms with Crippen LogP contribution in [0.2, 0.25) is 0 Å². The van der Waals surface area contributed by atoms with Gasteiger partial charge in [-0.2, -0.15) is 5.10 Å². The number of fused-ring (bicyclic) bond motifs is 1. The Morgan fingerprint density at radius 2 is 2.10 bits per heavy atom. The quantitative estimate of drug-likeness (QED) is 0.693. The highest BCUT2D eigenvalue weighted by Crippen LogP contribution is 2.24. The summed E-state index contributed by atoms with van der Waals surface area (Å²) in [6, 6.07) is 8.88. The molecule has 6 heteroatoms. The van der Waals surface area contributed by atoms with Crippen LogP contribution in [0, 0.1) is 6.92 Å². The van der Waals surface area contributed by atoms with E-state index in [0.717, 1.165) is 16.8 Å². The van der Waals surface area contributed by atoms with Gasteiger partial charge in [-0.3, -0.25) is 0 Å². The molecule has 2 aromatic heterocycles. The molecule has 0 bridgehead atoms. The molecule has 0 fully saturated rings. The molecule has 20 heavy (non-hydrogen) atoms. The molecule has 0 aliphatic heterocycles. The molecule has 0 atom stereocenters. The summed E-state index contributed by atoms with van der Waals surface area (Å²) in [7, 11) is 0. The highest BCUT2D eigenvalue weighted by atomic mass is 16.4. The molecule has 0 radical (unpaired) electrons. The van der Waals surface area contributed by atoms with Gasteiger partial charge in [0.2, 0.25) is 0 Å². The summed E-state index contributed by atoms with van der Waals surface area (Å²) in [6.45, 7) is 1.93. The Labute approximate surface area is 114 Å². The molecule has 3 aromatic rings. The average molecular weight is 268 g/mol. The number of nitrogens with two attached hydrogens (primary N) is 1. The van der Waals surface area contributed by atoms with Crippen LogP contribution in [0.1, 0.15) is 16.1 Å². The van der Waals surface area contributed by atoms with Crippen molar-refractivity contribution in [1.82, 2.24) is 14.6 Å². The lowest BCUT2D eigenvalue weighted by molar-refractivity contribution is 0.0690. The minimum atomic E-state index is -1.08. The minimum Gasteiger partial charge on any atom is -0.476 e. The van der Waals surface area contributed by atoms with E-state index in [9.17, 15) is 4.79 Å². The Morgan fingerprint density at radius 1 is 1.30 bits per heavy atom. The maximum absolute atomic E-state index is 11.0. The maximum atomic E-state index is 11.0. The van der Waals surface area contributed by atoms with Crippen LogP contribution in [-0.4, -0.2) is 25.7 Å². The predicted octanol–water partition coefficient (Wildman–Crippen LogP) is 1.99. The molecule has 0 spiro atoms. The second-order valence-corrected chi connectivity index (χ2v) is 4.51. The van der Waals surface area contributed by atoms with Gasteiger partial charge in [-0.1, -0.05) is 12.1 Å². The number of aromatic nitrogens is 3. The van der Waals surface area contributed by atoms with Crippen molar-refractivity contribution in [2.45, 2.75) is 6.92 Å². The number of nitrogens with zero attached hydrogens (tertiary/aromatic N) is 3. The number of aromatic carboxylic acids is 1. The molecule has 0 aliphatic carbocycles. The maximum Gasteiger partial charge on any atom is 0.356 e. The Kier molecular flexibility index (Phi) is 2.64. The van der Waals surface area contributed by atoms with E-state index < -0.39 is 5.97 Å². The van der Waals surface area contributed by atoms with Crippen LogP contribution in [0.4, 0.5) is 5.69 Å². The van der Waals surface area contributed by atoms with Crippen molar-refractivity contribution < 1.29 is 9.90 Å². The predicted molar refractivity (Wildman–Crippen MR) is 74.5 cm³/mol. The third-order valence-electron chi connectivity index (χ3n) is 3.15. The van der Waals surface area contributed by atoms with Crippen LogP contribution in [-0.2, 0) is 0 Å². The summed E-state index contributed by atoms with van der Waals surface area (Å²) in [5, 5.41) is 13.1. The van der Waals surface area contributed by atoms with Gasteiger partial charge in [0.15, 0.2) is 11.3 Å². The van der Waals surface area contributed by atoms with Crippen LogP contribution in [0.3, 0.4) is 0 Å². The van der Waals surface area contributed by atoms with Crippen LogP contribution >= 0.6 is 0 Å². The molecule has 6 nitrogen and oxygen atoms in total. The van der Waals surface area contributed by atoms with Crippen molar-refractivity contribution in [3.63, 3.8) is 0 Å². The Bertz CT molecular complexity index is 823. The summed E-state index contributed by atoms with van der Waals surface area (Å²) in [4.78, 5) is 15.1. The van der Waals surface area contributed by atoms with Crippen LogP contribution in [0.5, 0.6) is 0 Å². The van der Waals surface area contributed by atoms with E-state index in [1.54, 1.807) is 12.3 Å². The highest BCUT2D eigenvalue weighted by molar-refractivity contribution is 5.87. The number of hydrogen-bond donors (Lipinski definition) is 2. The fourth-order valence-electron chi connectivity index (χ4n) is 2.02. The van der Waals surface area contributed by atoms with E-state index in [2.05, 4.69) is 10.1 Å². The molecule has 3 rings (SSSR count). The summed E-state index contributed by atoms with van der Waals surface area (Å²) >= 11 is 0. The van der Waals surface area contributed by atoms with Gasteiger partial charge in [0, 0.05) is 23.5 Å². The van der Waals surface area contributed by atoms with Crippen LogP contribution in [0.25, 0.3) is 16.9 Å². The van der Waals surface area contributed by atoms with Crippen LogP contribution in [0.15, 0.2) is 36.5 Å². The van der Waals surface area contributed by atoms with Gasteiger partial charge in [-0.15, -0.1) is 0 Å². The molecule has 2 heterocycles. The number of benzene rings is 1. The molecule has 0 saturated heterocycles. The molecule has 1 aromatic carbocycles. The molecule has 0 unspecified atom stereocenters. The lowest BCUT2D eigenvalue weighted by atomic mass is 10.1. The molecule has 3 N–H and O–H groups in total. The molecule has 0 saturated carbocycles. The van der Waals surface area contributed by atoms with Crippen LogP contribution < -0.4 is 5.73 Å². The number of carbonyl (C=O) groups is 1. The summed E-state index contributed by atoms with van der Waals surface area (Å²) in [5.41, 5.74) is 9.64. The fraction of sp³-hybridized carbons (Fsp3) is 0.0714. The van der Waals surface area contributed by atoms with Crippen molar-refractivity contribution >= 4 is 17.3 Å². The first-order valence-corrected chi connectivity index (χ1v) is 6.01. The second-order valence-electron chi connectivity index (χ2n) is 4.51.